The van der Waals surface area contributed by atoms with Crippen LogP contribution in [0.3, 0.4) is 0 Å². The molecule has 2 amide bonds. The van der Waals surface area contributed by atoms with Gasteiger partial charge < -0.3 is 20.5 Å². The van der Waals surface area contributed by atoms with Gasteiger partial charge in [-0.1, -0.05) is 18.2 Å². The summed E-state index contributed by atoms with van der Waals surface area (Å²) in [6.07, 6.45) is 0.573. The molecule has 0 fully saturated rings. The summed E-state index contributed by atoms with van der Waals surface area (Å²) in [4.78, 5) is 23.9. The maximum absolute atomic E-state index is 13.2. The highest BCUT2D eigenvalue weighted by atomic mass is 19.1. The summed E-state index contributed by atoms with van der Waals surface area (Å²) in [5.74, 6) is -0.973. The summed E-state index contributed by atoms with van der Waals surface area (Å²) in [5.41, 5.74) is 1.66. The molecule has 3 N–H and O–H groups in total. The second-order valence-corrected chi connectivity index (χ2v) is 6.32. The standard InChI is InChI=1S/C21H21FN4O4/c1-2-30-20(28)18-9-10-26(25-18)17-8-4-7-16(12-17)24-21(29)23-13-19(27)14-5-3-6-15(22)11-14/h3-12,19,27H,2,13H2,1H3,(H2,23,24,29). The van der Waals surface area contributed by atoms with Gasteiger partial charge in [0.1, 0.15) is 5.82 Å². The monoisotopic (exact) mass is 412 g/mol. The molecule has 0 saturated carbocycles. The molecule has 156 valence electrons. The van der Waals surface area contributed by atoms with Crippen LogP contribution in [0.1, 0.15) is 29.1 Å². The molecule has 1 heterocycles. The van der Waals surface area contributed by atoms with Gasteiger partial charge in [-0.3, -0.25) is 0 Å². The SMILES string of the molecule is CCOC(=O)c1ccn(-c2cccc(NC(=O)NCC(O)c3cccc(F)c3)c2)n1. The van der Waals surface area contributed by atoms with E-state index in [1.54, 1.807) is 49.5 Å². The number of ether oxygens (including phenoxy) is 1. The van der Waals surface area contributed by atoms with Crippen molar-refractivity contribution in [2.45, 2.75) is 13.0 Å². The number of anilines is 1. The summed E-state index contributed by atoms with van der Waals surface area (Å²) in [6.45, 7) is 1.89. The van der Waals surface area contributed by atoms with Crippen LogP contribution in [-0.4, -0.2) is 40.0 Å². The molecule has 2 aromatic carbocycles. The van der Waals surface area contributed by atoms with E-state index in [0.29, 0.717) is 16.9 Å². The molecule has 1 aromatic heterocycles. The third-order valence-electron chi connectivity index (χ3n) is 4.13. The Bertz CT molecular complexity index is 1040. The molecule has 0 bridgehead atoms. The van der Waals surface area contributed by atoms with Crippen molar-refractivity contribution in [1.82, 2.24) is 15.1 Å². The number of benzene rings is 2. The van der Waals surface area contributed by atoms with Crippen LogP contribution in [0.15, 0.2) is 60.8 Å². The number of halogens is 1. The lowest BCUT2D eigenvalue weighted by atomic mass is 10.1. The number of carbonyl (C=O) groups excluding carboxylic acids is 2. The number of amides is 2. The van der Waals surface area contributed by atoms with E-state index in [1.165, 1.54) is 22.9 Å². The van der Waals surface area contributed by atoms with Crippen LogP contribution in [0.25, 0.3) is 5.69 Å². The minimum Gasteiger partial charge on any atom is -0.461 e. The highest BCUT2D eigenvalue weighted by Gasteiger charge is 2.12. The first kappa shape index (κ1) is 21.0. The maximum Gasteiger partial charge on any atom is 0.358 e. The molecule has 9 heteroatoms. The Morgan fingerprint density at radius 2 is 2.00 bits per heavy atom. The smallest absolute Gasteiger partial charge is 0.358 e. The Hall–Kier alpha value is -3.72. The highest BCUT2D eigenvalue weighted by molar-refractivity contribution is 5.89. The van der Waals surface area contributed by atoms with Crippen molar-refractivity contribution in [3.8, 4) is 5.69 Å². The van der Waals surface area contributed by atoms with Crippen molar-refractivity contribution < 1.29 is 23.8 Å². The number of aliphatic hydroxyl groups is 1. The van der Waals surface area contributed by atoms with E-state index < -0.39 is 23.9 Å². The fourth-order valence-electron chi connectivity index (χ4n) is 2.70. The molecule has 0 aliphatic heterocycles. The highest BCUT2D eigenvalue weighted by Crippen LogP contribution is 2.16. The van der Waals surface area contributed by atoms with Gasteiger partial charge in [-0.2, -0.15) is 5.10 Å². The first-order valence-corrected chi connectivity index (χ1v) is 9.28. The van der Waals surface area contributed by atoms with E-state index >= 15 is 0 Å². The molecule has 0 saturated heterocycles. The van der Waals surface area contributed by atoms with Crippen LogP contribution in [0.4, 0.5) is 14.9 Å². The minimum atomic E-state index is -1.04. The van der Waals surface area contributed by atoms with Gasteiger partial charge in [0.05, 0.1) is 18.4 Å². The summed E-state index contributed by atoms with van der Waals surface area (Å²) < 4.78 is 19.6. The predicted molar refractivity (Wildman–Crippen MR) is 108 cm³/mol. The molecular weight excluding hydrogens is 391 g/mol. The largest absolute Gasteiger partial charge is 0.461 e. The molecule has 3 rings (SSSR count). The second-order valence-electron chi connectivity index (χ2n) is 6.32. The van der Waals surface area contributed by atoms with Crippen molar-refractivity contribution in [2.75, 3.05) is 18.5 Å². The van der Waals surface area contributed by atoms with Crippen molar-refractivity contribution in [1.29, 1.82) is 0 Å². The minimum absolute atomic E-state index is 0.0863. The average Bonchev–Trinajstić information content (AvgIpc) is 3.23. The lowest BCUT2D eigenvalue weighted by molar-refractivity contribution is 0.0519. The van der Waals surface area contributed by atoms with Gasteiger partial charge in [0.25, 0.3) is 0 Å². The number of nitrogens with one attached hydrogen (secondary N) is 2. The van der Waals surface area contributed by atoms with Gasteiger partial charge in [0.2, 0.25) is 0 Å². The second kappa shape index (κ2) is 9.66. The molecule has 8 nitrogen and oxygen atoms in total. The molecule has 3 aromatic rings. The molecule has 0 spiro atoms. The summed E-state index contributed by atoms with van der Waals surface area (Å²) in [5, 5.41) is 19.4. The number of nitrogens with zero attached hydrogens (tertiary/aromatic N) is 2. The van der Waals surface area contributed by atoms with Crippen LogP contribution in [0, 0.1) is 5.82 Å². The van der Waals surface area contributed by atoms with Crippen LogP contribution < -0.4 is 10.6 Å². The van der Waals surface area contributed by atoms with Crippen LogP contribution >= 0.6 is 0 Å². The zero-order valence-corrected chi connectivity index (χ0v) is 16.2. The van der Waals surface area contributed by atoms with Crippen molar-refractivity contribution in [3.05, 3.63) is 77.9 Å². The first-order chi connectivity index (χ1) is 14.5. The van der Waals surface area contributed by atoms with Gasteiger partial charge in [-0.05, 0) is 48.9 Å². The molecular formula is C21H21FN4O4. The number of carbonyl (C=O) groups is 2. The molecule has 1 atom stereocenters. The Kier molecular flexibility index (Phi) is 6.76. The number of esters is 1. The van der Waals surface area contributed by atoms with Crippen molar-refractivity contribution in [2.24, 2.45) is 0 Å². The quantitative estimate of drug-likeness (QED) is 0.518. The van der Waals surface area contributed by atoms with Crippen LogP contribution in [0.2, 0.25) is 0 Å². The summed E-state index contributed by atoms with van der Waals surface area (Å²) in [6, 6.07) is 13.4. The molecule has 0 radical (unpaired) electrons. The van der Waals surface area contributed by atoms with Crippen molar-refractivity contribution in [3.63, 3.8) is 0 Å². The number of rotatable bonds is 7. The van der Waals surface area contributed by atoms with E-state index in [1.807, 2.05) is 0 Å². The predicted octanol–water partition coefficient (Wildman–Crippen LogP) is 3.04. The van der Waals surface area contributed by atoms with E-state index in [4.69, 9.17) is 4.74 Å². The topological polar surface area (TPSA) is 105 Å². The van der Waals surface area contributed by atoms with Gasteiger partial charge in [-0.25, -0.2) is 18.7 Å². The van der Waals surface area contributed by atoms with Gasteiger partial charge in [-0.15, -0.1) is 0 Å². The molecule has 0 aliphatic rings. The zero-order valence-electron chi connectivity index (χ0n) is 16.2. The normalized spacial score (nSPS) is 11.6. The Morgan fingerprint density at radius 1 is 1.20 bits per heavy atom. The Morgan fingerprint density at radius 3 is 2.77 bits per heavy atom. The van der Waals surface area contributed by atoms with Crippen molar-refractivity contribution >= 4 is 17.7 Å². The Labute approximate surface area is 172 Å². The lowest BCUT2D eigenvalue weighted by Crippen LogP contribution is -2.32. The van der Waals surface area contributed by atoms with E-state index in [-0.39, 0.29) is 18.8 Å². The fraction of sp³-hybridized carbons (Fsp3) is 0.190. The molecule has 30 heavy (non-hydrogen) atoms. The third kappa shape index (κ3) is 5.42. The zero-order chi connectivity index (χ0) is 21.5. The van der Waals surface area contributed by atoms with Gasteiger partial charge in [0.15, 0.2) is 5.69 Å². The van der Waals surface area contributed by atoms with E-state index in [0.717, 1.165) is 0 Å². The van der Waals surface area contributed by atoms with Crippen LogP contribution in [0.5, 0.6) is 0 Å². The first-order valence-electron chi connectivity index (χ1n) is 9.28. The summed E-state index contributed by atoms with van der Waals surface area (Å²) >= 11 is 0. The lowest BCUT2D eigenvalue weighted by Gasteiger charge is -2.13. The summed E-state index contributed by atoms with van der Waals surface area (Å²) in [7, 11) is 0. The average molecular weight is 412 g/mol. The van der Waals surface area contributed by atoms with Gasteiger partial charge >= 0.3 is 12.0 Å². The van der Waals surface area contributed by atoms with E-state index in [2.05, 4.69) is 15.7 Å². The van der Waals surface area contributed by atoms with Gasteiger partial charge in [0, 0.05) is 18.4 Å². The molecule has 0 aliphatic carbocycles. The van der Waals surface area contributed by atoms with Crippen LogP contribution in [-0.2, 0) is 4.74 Å². The molecule has 1 unspecified atom stereocenters. The Balaban J connectivity index is 1.59. The number of hydrogen-bond acceptors (Lipinski definition) is 5. The number of aliphatic hydroxyl groups excluding tert-OH is 1. The third-order valence-corrected chi connectivity index (χ3v) is 4.13. The number of hydrogen-bond donors (Lipinski definition) is 3. The fourth-order valence-corrected chi connectivity index (χ4v) is 2.70. The number of aromatic nitrogens is 2. The number of urea groups is 1. The van der Waals surface area contributed by atoms with E-state index in [9.17, 15) is 19.1 Å². The maximum atomic E-state index is 13.2.